The number of carbonyl (C=O) groups is 3. The van der Waals surface area contributed by atoms with E-state index < -0.39 is 17.9 Å². The molecule has 1 aromatic carbocycles. The van der Waals surface area contributed by atoms with Crippen molar-refractivity contribution in [1.29, 1.82) is 0 Å². The van der Waals surface area contributed by atoms with Crippen LogP contribution in [-0.4, -0.2) is 52.0 Å². The predicted molar refractivity (Wildman–Crippen MR) is 135 cm³/mol. The molecule has 4 N–H and O–H groups in total. The van der Waals surface area contributed by atoms with Crippen molar-refractivity contribution in [3.63, 3.8) is 0 Å². The molecule has 1 unspecified atom stereocenters. The van der Waals surface area contributed by atoms with Gasteiger partial charge >= 0.3 is 5.97 Å². The molecule has 4 rings (SSSR count). The number of amides is 2. The molecule has 2 amide bonds. The number of pyridine rings is 1. The lowest BCUT2D eigenvalue weighted by Crippen LogP contribution is -2.43. The molecule has 1 aliphatic heterocycles. The monoisotopic (exact) mass is 495 g/mol. The maximum Gasteiger partial charge on any atom is 0.326 e. The Bertz CT molecular complexity index is 1180. The molecule has 1 aliphatic rings. The SMILES string of the molecule is O=C(CCCCc1ccc2c(n1)NCCC2)NCCC(NC(=O)c1nc2ccccc2s1)C(=O)O. The van der Waals surface area contributed by atoms with E-state index in [-0.39, 0.29) is 23.9 Å². The Kier molecular flexibility index (Phi) is 8.25. The van der Waals surface area contributed by atoms with Crippen LogP contribution in [0.5, 0.6) is 0 Å². The lowest BCUT2D eigenvalue weighted by Gasteiger charge is -2.17. The second kappa shape index (κ2) is 11.7. The minimum absolute atomic E-state index is 0.0871. The fourth-order valence-corrected chi connectivity index (χ4v) is 4.86. The average Bonchev–Trinajstić information content (AvgIpc) is 3.30. The zero-order valence-corrected chi connectivity index (χ0v) is 20.2. The van der Waals surface area contributed by atoms with Crippen molar-refractivity contribution in [1.82, 2.24) is 20.6 Å². The topological polar surface area (TPSA) is 133 Å². The zero-order valence-electron chi connectivity index (χ0n) is 19.4. The fraction of sp³-hybridized carbons (Fsp3) is 0.400. The van der Waals surface area contributed by atoms with Crippen LogP contribution in [0.1, 0.15) is 53.2 Å². The number of thiazole rings is 1. The van der Waals surface area contributed by atoms with Crippen LogP contribution >= 0.6 is 11.3 Å². The number of aliphatic carboxylic acids is 1. The first-order valence-corrected chi connectivity index (χ1v) is 12.7. The first-order chi connectivity index (χ1) is 17.0. The highest BCUT2D eigenvalue weighted by Crippen LogP contribution is 2.22. The van der Waals surface area contributed by atoms with Gasteiger partial charge in [-0.3, -0.25) is 9.59 Å². The lowest BCUT2D eigenvalue weighted by atomic mass is 10.1. The van der Waals surface area contributed by atoms with E-state index in [1.807, 2.05) is 18.2 Å². The molecule has 0 aliphatic carbocycles. The Balaban J connectivity index is 1.16. The molecule has 0 saturated heterocycles. The molecule has 35 heavy (non-hydrogen) atoms. The van der Waals surface area contributed by atoms with Gasteiger partial charge in [0.2, 0.25) is 5.91 Å². The summed E-state index contributed by atoms with van der Waals surface area (Å²) in [4.78, 5) is 45.2. The van der Waals surface area contributed by atoms with Crippen molar-refractivity contribution in [2.45, 2.75) is 51.0 Å². The molecule has 3 heterocycles. The molecule has 0 spiro atoms. The first kappa shape index (κ1) is 24.6. The third-order valence-electron chi connectivity index (χ3n) is 5.89. The van der Waals surface area contributed by atoms with Crippen molar-refractivity contribution in [3.05, 3.63) is 52.7 Å². The molecule has 10 heteroatoms. The maximum atomic E-state index is 12.5. The summed E-state index contributed by atoms with van der Waals surface area (Å²) < 4.78 is 0.857. The van der Waals surface area contributed by atoms with Gasteiger partial charge in [0.15, 0.2) is 5.01 Å². The van der Waals surface area contributed by atoms with E-state index in [9.17, 15) is 19.5 Å². The van der Waals surface area contributed by atoms with Gasteiger partial charge in [-0.25, -0.2) is 14.8 Å². The van der Waals surface area contributed by atoms with Crippen LogP contribution in [0.3, 0.4) is 0 Å². The normalized spacial score (nSPS) is 13.5. The van der Waals surface area contributed by atoms with E-state index in [1.54, 1.807) is 6.07 Å². The summed E-state index contributed by atoms with van der Waals surface area (Å²) >= 11 is 1.21. The van der Waals surface area contributed by atoms with Gasteiger partial charge in [0.25, 0.3) is 5.91 Å². The Labute approximate surface area is 207 Å². The molecule has 184 valence electrons. The number of nitrogens with one attached hydrogen (secondary N) is 3. The first-order valence-electron chi connectivity index (χ1n) is 11.9. The summed E-state index contributed by atoms with van der Waals surface area (Å²) in [6, 6.07) is 10.4. The Hall–Kier alpha value is -3.53. The summed E-state index contributed by atoms with van der Waals surface area (Å²) in [6.07, 6.45) is 5.00. The van der Waals surface area contributed by atoms with Crippen molar-refractivity contribution in [3.8, 4) is 0 Å². The largest absolute Gasteiger partial charge is 0.480 e. The van der Waals surface area contributed by atoms with Gasteiger partial charge in [0.05, 0.1) is 10.2 Å². The summed E-state index contributed by atoms with van der Waals surface area (Å²) in [5.74, 6) is -0.835. The number of anilines is 1. The van der Waals surface area contributed by atoms with Crippen LogP contribution < -0.4 is 16.0 Å². The second-order valence-electron chi connectivity index (χ2n) is 8.54. The summed E-state index contributed by atoms with van der Waals surface area (Å²) in [6.45, 7) is 1.12. The maximum absolute atomic E-state index is 12.5. The summed E-state index contributed by atoms with van der Waals surface area (Å²) in [5, 5.41) is 18.3. The van der Waals surface area contributed by atoms with Gasteiger partial charge in [-0.1, -0.05) is 18.2 Å². The van der Waals surface area contributed by atoms with Crippen LogP contribution in [0.25, 0.3) is 10.2 Å². The number of benzene rings is 1. The van der Waals surface area contributed by atoms with Crippen LogP contribution in [0.15, 0.2) is 36.4 Å². The van der Waals surface area contributed by atoms with E-state index in [1.165, 1.54) is 16.9 Å². The highest BCUT2D eigenvalue weighted by Gasteiger charge is 2.22. The van der Waals surface area contributed by atoms with E-state index in [4.69, 9.17) is 0 Å². The minimum atomic E-state index is -1.15. The van der Waals surface area contributed by atoms with Crippen LogP contribution in [0.4, 0.5) is 5.82 Å². The molecule has 0 radical (unpaired) electrons. The molecule has 3 aromatic rings. The standard InChI is InChI=1S/C25H29N5O4S/c31-21(10-4-1-7-17-12-11-16-6-5-14-27-22(16)28-17)26-15-13-19(25(33)34)29-23(32)24-30-18-8-2-3-9-20(18)35-24/h2-3,8-9,11-12,19H,1,4-7,10,13-15H2,(H,26,31)(H,27,28)(H,29,32)(H,33,34). The number of carboxylic acids is 1. The average molecular weight is 496 g/mol. The number of rotatable bonds is 11. The number of nitrogens with zero attached hydrogens (tertiary/aromatic N) is 2. The Morgan fingerprint density at radius 1 is 1.11 bits per heavy atom. The molecule has 0 saturated carbocycles. The number of aryl methyl sites for hydroxylation is 2. The highest BCUT2D eigenvalue weighted by atomic mass is 32.1. The number of hydrogen-bond donors (Lipinski definition) is 4. The molecule has 9 nitrogen and oxygen atoms in total. The van der Waals surface area contributed by atoms with E-state index in [2.05, 4.69) is 38.1 Å². The molecular weight excluding hydrogens is 466 g/mol. The van der Waals surface area contributed by atoms with E-state index >= 15 is 0 Å². The minimum Gasteiger partial charge on any atom is -0.480 e. The number of hydrogen-bond acceptors (Lipinski definition) is 7. The number of fused-ring (bicyclic) bond motifs is 2. The highest BCUT2D eigenvalue weighted by molar-refractivity contribution is 7.20. The summed E-state index contributed by atoms with van der Waals surface area (Å²) in [7, 11) is 0. The van der Waals surface area contributed by atoms with Gasteiger partial charge in [-0.15, -0.1) is 11.3 Å². The number of para-hydroxylation sites is 1. The van der Waals surface area contributed by atoms with Gasteiger partial charge in [-0.05, 0) is 62.3 Å². The van der Waals surface area contributed by atoms with Crippen LogP contribution in [-0.2, 0) is 22.4 Å². The van der Waals surface area contributed by atoms with Crippen molar-refractivity contribution >= 4 is 45.2 Å². The predicted octanol–water partition coefficient (Wildman–Crippen LogP) is 3.15. The van der Waals surface area contributed by atoms with Gasteiger partial charge in [-0.2, -0.15) is 0 Å². The molecule has 0 fully saturated rings. The summed E-state index contributed by atoms with van der Waals surface area (Å²) in [5.41, 5.74) is 2.97. The number of carboxylic acid groups (broad SMARTS) is 1. The molecule has 1 atom stereocenters. The smallest absolute Gasteiger partial charge is 0.326 e. The van der Waals surface area contributed by atoms with Crippen molar-refractivity contribution in [2.75, 3.05) is 18.4 Å². The van der Waals surface area contributed by atoms with Crippen molar-refractivity contribution in [2.24, 2.45) is 0 Å². The van der Waals surface area contributed by atoms with E-state index in [0.29, 0.717) is 18.4 Å². The lowest BCUT2D eigenvalue weighted by molar-refractivity contribution is -0.139. The Morgan fingerprint density at radius 2 is 1.97 bits per heavy atom. The van der Waals surface area contributed by atoms with Crippen molar-refractivity contribution < 1.29 is 19.5 Å². The number of carbonyl (C=O) groups excluding carboxylic acids is 2. The third-order valence-corrected chi connectivity index (χ3v) is 6.92. The quantitative estimate of drug-likeness (QED) is 0.300. The fourth-order valence-electron chi connectivity index (χ4n) is 3.99. The van der Waals surface area contributed by atoms with Crippen LogP contribution in [0, 0.1) is 0 Å². The number of aromatic nitrogens is 2. The van der Waals surface area contributed by atoms with E-state index in [0.717, 1.165) is 48.4 Å². The molecule has 0 bridgehead atoms. The van der Waals surface area contributed by atoms with Gasteiger partial charge in [0.1, 0.15) is 11.9 Å². The third kappa shape index (κ3) is 6.75. The van der Waals surface area contributed by atoms with Gasteiger partial charge in [0, 0.05) is 25.2 Å². The number of unbranched alkanes of at least 4 members (excludes halogenated alkanes) is 1. The second-order valence-corrected chi connectivity index (χ2v) is 9.57. The van der Waals surface area contributed by atoms with Crippen LogP contribution in [0.2, 0.25) is 0 Å². The molecular formula is C25H29N5O4S. The zero-order chi connectivity index (χ0) is 24.6. The molecule has 2 aromatic heterocycles. The Morgan fingerprint density at radius 3 is 2.80 bits per heavy atom. The van der Waals surface area contributed by atoms with Gasteiger partial charge < -0.3 is 21.1 Å².